The quantitative estimate of drug-likeness (QED) is 0.121. The van der Waals surface area contributed by atoms with Crippen molar-refractivity contribution in [1.82, 2.24) is 24.9 Å². The molecule has 1 amide bonds. The van der Waals surface area contributed by atoms with Gasteiger partial charge in [-0.2, -0.15) is 0 Å². The van der Waals surface area contributed by atoms with Gasteiger partial charge in [-0.15, -0.1) is 24.8 Å². The van der Waals surface area contributed by atoms with Gasteiger partial charge < -0.3 is 14.8 Å². The van der Waals surface area contributed by atoms with E-state index >= 15 is 0 Å². The Balaban J connectivity index is 0.000000908. The number of halogens is 2. The fraction of sp³-hybridized carbons (Fsp3) is 0.531. The van der Waals surface area contributed by atoms with Gasteiger partial charge >= 0.3 is 0 Å². The summed E-state index contributed by atoms with van der Waals surface area (Å²) in [5.41, 5.74) is 6.99. The lowest BCUT2D eigenvalue weighted by Crippen LogP contribution is -2.39. The lowest BCUT2D eigenvalue weighted by molar-refractivity contribution is -0.135. The van der Waals surface area contributed by atoms with Gasteiger partial charge in [0, 0.05) is 57.4 Å². The number of nitrogens with one attached hydrogen (secondary N) is 2. The fourth-order valence-electron chi connectivity index (χ4n) is 4.36. The third-order valence-corrected chi connectivity index (χ3v) is 6.17. The summed E-state index contributed by atoms with van der Waals surface area (Å²) in [6.45, 7) is 17.6. The predicted molar refractivity (Wildman–Crippen MR) is 181 cm³/mol. The zero-order chi connectivity index (χ0) is 29.8. The maximum Gasteiger partial charge on any atom is 0.225 e. The van der Waals surface area contributed by atoms with Crippen LogP contribution in [0, 0.1) is 17.8 Å². The number of para-hydroxylation sites is 2. The van der Waals surface area contributed by atoms with E-state index < -0.39 is 0 Å². The highest BCUT2D eigenvalue weighted by molar-refractivity contribution is 5.94. The summed E-state index contributed by atoms with van der Waals surface area (Å²) < 4.78 is 2.20. The van der Waals surface area contributed by atoms with Crippen molar-refractivity contribution in [2.45, 2.75) is 61.4 Å². The topological polar surface area (TPSA) is 82.5 Å². The van der Waals surface area contributed by atoms with E-state index in [9.17, 15) is 9.59 Å². The number of hydrogen-bond acceptors (Lipinski definition) is 6. The number of aryl methyl sites for hydroxylation is 1. The summed E-state index contributed by atoms with van der Waals surface area (Å²) in [4.78, 5) is 30.0. The highest BCUT2D eigenvalue weighted by atomic mass is 35.5. The van der Waals surface area contributed by atoms with Crippen LogP contribution in [0.5, 0.6) is 0 Å². The lowest BCUT2D eigenvalue weighted by Gasteiger charge is -2.28. The minimum atomic E-state index is 0. The number of fused-ring (bicyclic) bond motifs is 1. The Morgan fingerprint density at radius 3 is 1.95 bits per heavy atom. The normalized spacial score (nSPS) is 10.8. The Morgan fingerprint density at radius 1 is 0.881 bits per heavy atom. The number of anilines is 2. The highest BCUT2D eigenvalue weighted by Gasteiger charge is 2.18. The molecule has 2 aromatic carbocycles. The van der Waals surface area contributed by atoms with Gasteiger partial charge in [0.2, 0.25) is 11.9 Å². The number of benzene rings is 2. The van der Waals surface area contributed by atoms with Crippen molar-refractivity contribution in [2.24, 2.45) is 17.8 Å². The molecular formula is C32H52Cl2N6O2. The van der Waals surface area contributed by atoms with Crippen molar-refractivity contribution in [2.75, 3.05) is 39.0 Å². The number of ketones is 1. The van der Waals surface area contributed by atoms with Gasteiger partial charge in [-0.1, -0.05) is 53.7 Å². The van der Waals surface area contributed by atoms with Crippen molar-refractivity contribution in [3.05, 3.63) is 54.1 Å². The minimum Gasteiger partial charge on any atom is -0.342 e. The number of carbonyl (C=O) groups excluding carboxylic acids is 2. The van der Waals surface area contributed by atoms with Crippen LogP contribution >= 0.6 is 24.8 Å². The number of carbonyl (C=O) groups is 2. The summed E-state index contributed by atoms with van der Waals surface area (Å²) in [6, 6.07) is 15.6. The molecule has 0 saturated heterocycles. The number of rotatable bonds is 13. The molecule has 0 aliphatic carbocycles. The third-order valence-electron chi connectivity index (χ3n) is 6.17. The van der Waals surface area contributed by atoms with Crippen LogP contribution in [0.2, 0.25) is 0 Å². The Kier molecular flexibility index (Phi) is 18.3. The number of imidazole rings is 1. The molecule has 2 N–H and O–H groups in total. The summed E-state index contributed by atoms with van der Waals surface area (Å²) in [6.07, 6.45) is 0.983. The van der Waals surface area contributed by atoms with E-state index in [0.717, 1.165) is 55.3 Å². The van der Waals surface area contributed by atoms with E-state index in [1.54, 1.807) is 6.92 Å². The molecule has 0 atom stereocenters. The standard InChI is InChI=1S/C20H25N5O.C12H25NO.2ClH/c1-15(26)16-9-11-17(12-10-16)22-20-23-18-7-4-5-8-19(18)25(20)14-6-13-21-24(2)3;1-9(2)7-13(8-10(3)4)12(14)11(5)6;;/h4-5,7-12,21H,6,13-14H2,1-3H3,(H,22,23);9-11H,7-8H2,1-6H3;2*1H. The average Bonchev–Trinajstić information content (AvgIpc) is 3.22. The third kappa shape index (κ3) is 13.1. The summed E-state index contributed by atoms with van der Waals surface area (Å²) in [5.74, 6) is 2.39. The van der Waals surface area contributed by atoms with Crippen LogP contribution in [0.3, 0.4) is 0 Å². The van der Waals surface area contributed by atoms with Gasteiger partial charge in [0.05, 0.1) is 11.0 Å². The molecule has 42 heavy (non-hydrogen) atoms. The maximum atomic E-state index is 11.8. The second kappa shape index (κ2) is 19.5. The number of amides is 1. The van der Waals surface area contributed by atoms with Crippen LogP contribution in [0.1, 0.15) is 65.2 Å². The van der Waals surface area contributed by atoms with Gasteiger partial charge in [-0.3, -0.25) is 20.0 Å². The van der Waals surface area contributed by atoms with Crippen molar-refractivity contribution < 1.29 is 9.59 Å². The molecule has 0 radical (unpaired) electrons. The van der Waals surface area contributed by atoms with Crippen molar-refractivity contribution in [3.8, 4) is 0 Å². The lowest BCUT2D eigenvalue weighted by atomic mass is 10.1. The molecular weight excluding hydrogens is 571 g/mol. The van der Waals surface area contributed by atoms with E-state index in [2.05, 4.69) is 49.1 Å². The smallest absolute Gasteiger partial charge is 0.225 e. The Bertz CT molecular complexity index is 1200. The van der Waals surface area contributed by atoms with Crippen molar-refractivity contribution >= 4 is 59.2 Å². The van der Waals surface area contributed by atoms with Crippen LogP contribution < -0.4 is 10.7 Å². The maximum absolute atomic E-state index is 11.8. The molecule has 0 bridgehead atoms. The average molecular weight is 624 g/mol. The highest BCUT2D eigenvalue weighted by Crippen LogP contribution is 2.23. The minimum absolute atomic E-state index is 0. The first kappa shape index (κ1) is 39.4. The van der Waals surface area contributed by atoms with Crippen LogP contribution in [0.15, 0.2) is 48.5 Å². The first-order valence-electron chi connectivity index (χ1n) is 14.4. The Labute approximate surface area is 265 Å². The second-order valence-electron chi connectivity index (χ2n) is 11.7. The zero-order valence-electron chi connectivity index (χ0n) is 26.8. The monoisotopic (exact) mass is 622 g/mol. The largest absolute Gasteiger partial charge is 0.342 e. The van der Waals surface area contributed by atoms with Crippen LogP contribution in [0.4, 0.5) is 11.6 Å². The molecule has 0 fully saturated rings. The van der Waals surface area contributed by atoms with E-state index in [0.29, 0.717) is 17.4 Å². The fourth-order valence-corrected chi connectivity index (χ4v) is 4.36. The van der Waals surface area contributed by atoms with E-state index in [1.807, 2.05) is 80.3 Å². The van der Waals surface area contributed by atoms with Crippen LogP contribution in [0.25, 0.3) is 11.0 Å². The van der Waals surface area contributed by atoms with E-state index in [-0.39, 0.29) is 42.4 Å². The SMILES string of the molecule is CC(=O)c1ccc(Nc2nc3ccccc3n2CCCNN(C)C)cc1.CC(C)CN(CC(C)C)C(=O)C(C)C.Cl.Cl. The molecule has 10 heteroatoms. The molecule has 0 aliphatic rings. The van der Waals surface area contributed by atoms with E-state index in [4.69, 9.17) is 4.98 Å². The molecule has 1 aromatic heterocycles. The van der Waals surface area contributed by atoms with Gasteiger partial charge in [0.1, 0.15) is 0 Å². The molecule has 0 spiro atoms. The predicted octanol–water partition coefficient (Wildman–Crippen LogP) is 7.07. The van der Waals surface area contributed by atoms with Gasteiger partial charge in [0.25, 0.3) is 0 Å². The number of nitrogens with zero attached hydrogens (tertiary/aromatic N) is 4. The molecule has 236 valence electrons. The van der Waals surface area contributed by atoms with Gasteiger partial charge in [-0.25, -0.2) is 4.98 Å². The number of aromatic nitrogens is 2. The molecule has 8 nitrogen and oxygen atoms in total. The molecule has 0 unspecified atom stereocenters. The molecule has 0 aliphatic heterocycles. The van der Waals surface area contributed by atoms with Gasteiger partial charge in [-0.05, 0) is 61.6 Å². The van der Waals surface area contributed by atoms with E-state index in [1.165, 1.54) is 0 Å². The first-order chi connectivity index (χ1) is 18.9. The number of Topliss-reactive ketones (excluding diaryl/α,β-unsaturated/α-hetero) is 1. The molecule has 3 rings (SSSR count). The summed E-state index contributed by atoms with van der Waals surface area (Å²) in [5, 5.41) is 5.35. The van der Waals surface area contributed by atoms with Gasteiger partial charge in [0.15, 0.2) is 5.78 Å². The summed E-state index contributed by atoms with van der Waals surface area (Å²) in [7, 11) is 3.98. The second-order valence-corrected chi connectivity index (χ2v) is 11.7. The van der Waals surface area contributed by atoms with Crippen molar-refractivity contribution in [3.63, 3.8) is 0 Å². The number of hydrazine groups is 1. The van der Waals surface area contributed by atoms with Crippen LogP contribution in [-0.2, 0) is 11.3 Å². The Hall–Kier alpha value is -2.65. The molecule has 0 saturated carbocycles. The van der Waals surface area contributed by atoms with Crippen LogP contribution in [-0.4, -0.2) is 64.9 Å². The van der Waals surface area contributed by atoms with Crippen molar-refractivity contribution in [1.29, 1.82) is 0 Å². The molecule has 1 heterocycles. The first-order valence-corrected chi connectivity index (χ1v) is 14.4. The number of hydrogen-bond donors (Lipinski definition) is 2. The molecule has 3 aromatic rings. The Morgan fingerprint density at radius 2 is 1.45 bits per heavy atom. The summed E-state index contributed by atoms with van der Waals surface area (Å²) >= 11 is 0. The zero-order valence-corrected chi connectivity index (χ0v) is 28.4.